The number of hydrogen-bond donors (Lipinski definition) is 0. The smallest absolute Gasteiger partial charge is 0.121 e. The van der Waals surface area contributed by atoms with Crippen molar-refractivity contribution in [3.05, 3.63) is 109 Å². The summed E-state index contributed by atoms with van der Waals surface area (Å²) in [6.45, 7) is 11.0. The fraction of sp³-hybridized carbons (Fsp3) is 0.156. The minimum atomic E-state index is -1.63. The Morgan fingerprint density at radius 2 is 1.42 bits per heavy atom. The van der Waals surface area contributed by atoms with E-state index in [9.17, 15) is 0 Å². The zero-order valence-electron chi connectivity index (χ0n) is 22.2. The van der Waals surface area contributed by atoms with E-state index < -0.39 is 8.07 Å². The van der Waals surface area contributed by atoms with Crippen LogP contribution in [0.2, 0.25) is 19.6 Å². The number of para-hydroxylation sites is 1. The summed E-state index contributed by atoms with van der Waals surface area (Å²) >= 11 is 0. The van der Waals surface area contributed by atoms with Crippen molar-refractivity contribution in [2.75, 3.05) is 0 Å². The van der Waals surface area contributed by atoms with E-state index in [1.54, 1.807) is 0 Å². The molecule has 0 aliphatic rings. The van der Waals surface area contributed by atoms with E-state index in [0.29, 0.717) is 0 Å². The van der Waals surface area contributed by atoms with Crippen LogP contribution in [-0.4, -0.2) is 23.0 Å². The standard InChI is InChI=1S/C20H19N2OSi.C12H10N.Ir/c1-13-9-10-16(21-11-13)15-12-22-20(24(2,3)4)18-14-7-5-6-8-17(14)23-19(15)18;1-10-7-8-12(13-9-10)11-5-3-2-4-6-11;/h5-11H,1-4H3;2-5,7-9H,1H3;/q2*-1;. The molecule has 0 amide bonds. The fourth-order valence-corrected chi connectivity index (χ4v) is 5.58. The predicted molar refractivity (Wildman–Crippen MR) is 155 cm³/mol. The first kappa shape index (κ1) is 27.6. The van der Waals surface area contributed by atoms with Crippen molar-refractivity contribution in [3.63, 3.8) is 0 Å². The molecule has 6 aromatic rings. The Kier molecular flexibility index (Phi) is 8.37. The van der Waals surface area contributed by atoms with Crippen molar-refractivity contribution in [1.82, 2.24) is 15.0 Å². The molecule has 6 heteroatoms. The molecule has 38 heavy (non-hydrogen) atoms. The number of aryl methyl sites for hydroxylation is 2. The maximum absolute atomic E-state index is 6.22. The molecular weight excluding hydrogens is 663 g/mol. The van der Waals surface area contributed by atoms with Crippen molar-refractivity contribution >= 4 is 35.3 Å². The van der Waals surface area contributed by atoms with Crippen LogP contribution in [0.25, 0.3) is 44.5 Å². The van der Waals surface area contributed by atoms with Crippen LogP contribution >= 0.6 is 0 Å². The summed E-state index contributed by atoms with van der Waals surface area (Å²) in [5.74, 6) is 0. The van der Waals surface area contributed by atoms with Gasteiger partial charge in [-0.3, -0.25) is 0 Å². The second kappa shape index (κ2) is 11.5. The maximum atomic E-state index is 6.22. The van der Waals surface area contributed by atoms with Crippen molar-refractivity contribution in [1.29, 1.82) is 0 Å². The average Bonchev–Trinajstić information content (AvgIpc) is 3.29. The third-order valence-corrected chi connectivity index (χ3v) is 7.90. The van der Waals surface area contributed by atoms with Gasteiger partial charge in [0, 0.05) is 37.9 Å². The van der Waals surface area contributed by atoms with Crippen LogP contribution in [-0.2, 0) is 20.1 Å². The average molecular weight is 692 g/mol. The van der Waals surface area contributed by atoms with Gasteiger partial charge in [-0.1, -0.05) is 67.7 Å². The van der Waals surface area contributed by atoms with Gasteiger partial charge in [0.05, 0.1) is 13.7 Å². The van der Waals surface area contributed by atoms with Crippen LogP contribution in [0.15, 0.2) is 89.6 Å². The summed E-state index contributed by atoms with van der Waals surface area (Å²) in [6.07, 6.45) is 6.95. The summed E-state index contributed by atoms with van der Waals surface area (Å²) in [6, 6.07) is 27.3. The van der Waals surface area contributed by atoms with Crippen LogP contribution in [0.1, 0.15) is 11.1 Å². The molecule has 0 spiro atoms. The number of nitrogens with zero attached hydrogens (tertiary/aromatic N) is 3. The molecule has 6 rings (SSSR count). The number of fused-ring (bicyclic) bond motifs is 3. The number of furan rings is 1. The Hall–Kier alpha value is -3.44. The Balaban J connectivity index is 0.000000204. The number of rotatable bonds is 3. The van der Waals surface area contributed by atoms with Gasteiger partial charge in [-0.25, -0.2) is 0 Å². The van der Waals surface area contributed by atoms with Crippen LogP contribution in [0.3, 0.4) is 0 Å². The molecule has 0 saturated heterocycles. The third-order valence-electron chi connectivity index (χ3n) is 6.11. The molecule has 4 aromatic heterocycles. The Bertz CT molecular complexity index is 1660. The van der Waals surface area contributed by atoms with Crippen LogP contribution in [0, 0.1) is 26.1 Å². The van der Waals surface area contributed by atoms with E-state index in [1.165, 1.54) is 5.56 Å². The number of benzene rings is 2. The molecular formula is C32H29IrN3OSi-2. The van der Waals surface area contributed by atoms with Crippen LogP contribution < -0.4 is 5.32 Å². The topological polar surface area (TPSA) is 51.8 Å². The molecule has 2 aromatic carbocycles. The molecule has 4 nitrogen and oxygen atoms in total. The summed E-state index contributed by atoms with van der Waals surface area (Å²) in [5.41, 5.74) is 7.75. The molecule has 0 N–H and O–H groups in total. The summed E-state index contributed by atoms with van der Waals surface area (Å²) in [4.78, 5) is 13.6. The Morgan fingerprint density at radius 1 is 0.763 bits per heavy atom. The number of pyridine rings is 3. The zero-order valence-corrected chi connectivity index (χ0v) is 25.6. The molecule has 0 bridgehead atoms. The predicted octanol–water partition coefficient (Wildman–Crippen LogP) is 7.55. The molecule has 0 aliphatic carbocycles. The van der Waals surface area contributed by atoms with E-state index in [1.807, 2.05) is 80.8 Å². The van der Waals surface area contributed by atoms with E-state index in [2.05, 4.69) is 60.1 Å². The van der Waals surface area contributed by atoms with Crippen LogP contribution in [0.4, 0.5) is 0 Å². The summed E-state index contributed by atoms with van der Waals surface area (Å²) in [5, 5.41) is 3.39. The van der Waals surface area contributed by atoms with E-state index in [-0.39, 0.29) is 20.1 Å². The Labute approximate surface area is 238 Å². The molecule has 0 aliphatic heterocycles. The summed E-state index contributed by atoms with van der Waals surface area (Å²) < 4.78 is 6.22. The second-order valence-corrected chi connectivity index (χ2v) is 15.2. The van der Waals surface area contributed by atoms with Gasteiger partial charge in [-0.2, -0.15) is 0 Å². The van der Waals surface area contributed by atoms with E-state index in [4.69, 9.17) is 9.40 Å². The molecule has 0 unspecified atom stereocenters. The van der Waals surface area contributed by atoms with Crippen molar-refractivity contribution < 1.29 is 24.5 Å². The van der Waals surface area contributed by atoms with Gasteiger partial charge in [0.25, 0.3) is 0 Å². The van der Waals surface area contributed by atoms with Gasteiger partial charge >= 0.3 is 0 Å². The number of aromatic nitrogens is 3. The second-order valence-electron chi connectivity index (χ2n) is 10.2. The van der Waals surface area contributed by atoms with Gasteiger partial charge in [-0.05, 0) is 59.3 Å². The normalized spacial score (nSPS) is 11.1. The molecule has 4 heterocycles. The quantitative estimate of drug-likeness (QED) is 0.142. The summed E-state index contributed by atoms with van der Waals surface area (Å²) in [7, 11) is -1.63. The van der Waals surface area contributed by atoms with Gasteiger partial charge < -0.3 is 19.4 Å². The largest absolute Gasteiger partial charge is 0.500 e. The maximum Gasteiger partial charge on any atom is 0.121 e. The number of hydrogen-bond acceptors (Lipinski definition) is 4. The SMILES string of the molecule is Cc1ccc(-c2[c-]cccc2)nc1.Cc1ccc(-c2[c-]nc([Si](C)(C)C)c3c2oc2ccccc23)nc1.[Ir]. The molecule has 0 atom stereocenters. The van der Waals surface area contributed by atoms with Crippen LogP contribution in [0.5, 0.6) is 0 Å². The van der Waals surface area contributed by atoms with Crippen molar-refractivity contribution in [2.24, 2.45) is 0 Å². The zero-order chi connectivity index (χ0) is 26.0. The molecule has 0 saturated carbocycles. The monoisotopic (exact) mass is 692 g/mol. The van der Waals surface area contributed by atoms with E-state index >= 15 is 0 Å². The van der Waals surface area contributed by atoms with Crippen molar-refractivity contribution in [2.45, 2.75) is 33.5 Å². The fourth-order valence-electron chi connectivity index (χ4n) is 4.19. The minimum absolute atomic E-state index is 0. The first-order valence-corrected chi connectivity index (χ1v) is 15.9. The van der Waals surface area contributed by atoms with Gasteiger partial charge in [0.2, 0.25) is 0 Å². The first-order chi connectivity index (χ1) is 17.8. The molecule has 0 fully saturated rings. The third kappa shape index (κ3) is 5.83. The van der Waals surface area contributed by atoms with Gasteiger partial charge in [-0.15, -0.1) is 35.9 Å². The Morgan fingerprint density at radius 3 is 2.03 bits per heavy atom. The molecule has 1 radical (unpaired) electrons. The van der Waals surface area contributed by atoms with Gasteiger partial charge in [0.1, 0.15) is 5.58 Å². The molecule has 193 valence electrons. The van der Waals surface area contributed by atoms with E-state index in [0.717, 1.165) is 55.3 Å². The minimum Gasteiger partial charge on any atom is -0.500 e. The van der Waals surface area contributed by atoms with Gasteiger partial charge in [0.15, 0.2) is 0 Å². The first-order valence-electron chi connectivity index (χ1n) is 12.4. The van der Waals surface area contributed by atoms with Crippen molar-refractivity contribution in [3.8, 4) is 22.5 Å².